The van der Waals surface area contributed by atoms with Crippen molar-refractivity contribution in [2.24, 2.45) is 0 Å². The lowest BCUT2D eigenvalue weighted by Gasteiger charge is -2.10. The van der Waals surface area contributed by atoms with E-state index < -0.39 is 9.84 Å². The molecule has 1 heterocycles. The minimum absolute atomic E-state index is 0.0654. The molecule has 0 radical (unpaired) electrons. The Hall–Kier alpha value is -1.38. The molecule has 1 atom stereocenters. The molecule has 2 rings (SSSR count). The van der Waals surface area contributed by atoms with Crippen molar-refractivity contribution in [3.05, 3.63) is 35.4 Å². The van der Waals surface area contributed by atoms with Crippen molar-refractivity contribution in [1.82, 2.24) is 5.32 Å². The summed E-state index contributed by atoms with van der Waals surface area (Å²) in [5, 5.41) is 11.9. The summed E-state index contributed by atoms with van der Waals surface area (Å²) in [6.45, 7) is 0.645. The molecule has 1 aromatic carbocycles. The second kappa shape index (κ2) is 4.86. The monoisotopic (exact) mass is 250 g/mol. The van der Waals surface area contributed by atoms with Gasteiger partial charge in [-0.25, -0.2) is 8.42 Å². The van der Waals surface area contributed by atoms with Gasteiger partial charge in [0.1, 0.15) is 0 Å². The van der Waals surface area contributed by atoms with Gasteiger partial charge in [0.15, 0.2) is 9.84 Å². The summed E-state index contributed by atoms with van der Waals surface area (Å²) in [5.74, 6) is 0.529. The van der Waals surface area contributed by atoms with Crippen LogP contribution in [0.5, 0.6) is 0 Å². The molecule has 0 spiro atoms. The second-order valence-corrected chi connectivity index (χ2v) is 6.52. The Morgan fingerprint density at radius 2 is 2.06 bits per heavy atom. The number of nitriles is 1. The number of rotatable bonds is 3. The second-order valence-electron chi connectivity index (χ2n) is 4.29. The van der Waals surface area contributed by atoms with Crippen molar-refractivity contribution in [2.45, 2.75) is 19.0 Å². The molecule has 1 unspecified atom stereocenters. The molecular weight excluding hydrogens is 236 g/mol. The Morgan fingerprint density at radius 3 is 2.59 bits per heavy atom. The summed E-state index contributed by atoms with van der Waals surface area (Å²) in [6.07, 6.45) is 0.693. The summed E-state index contributed by atoms with van der Waals surface area (Å²) >= 11 is 0. The van der Waals surface area contributed by atoms with Crippen molar-refractivity contribution in [1.29, 1.82) is 5.26 Å². The quantitative estimate of drug-likeness (QED) is 0.863. The van der Waals surface area contributed by atoms with Crippen LogP contribution in [0.15, 0.2) is 24.3 Å². The Bertz CT molecular complexity index is 529. The van der Waals surface area contributed by atoms with Gasteiger partial charge >= 0.3 is 0 Å². The third kappa shape index (κ3) is 3.29. The Balaban J connectivity index is 1.88. The van der Waals surface area contributed by atoms with Crippen LogP contribution in [-0.4, -0.2) is 26.0 Å². The van der Waals surface area contributed by atoms with E-state index in [1.165, 1.54) is 0 Å². The smallest absolute Gasteiger partial charge is 0.151 e. The molecule has 5 heteroatoms. The van der Waals surface area contributed by atoms with E-state index in [-0.39, 0.29) is 17.5 Å². The predicted molar refractivity (Wildman–Crippen MR) is 65.1 cm³/mol. The molecule has 90 valence electrons. The average molecular weight is 250 g/mol. The molecule has 1 aliphatic heterocycles. The first-order valence-corrected chi connectivity index (χ1v) is 7.34. The Labute approximate surface area is 101 Å². The largest absolute Gasteiger partial charge is 0.309 e. The molecule has 0 bridgehead atoms. The molecule has 1 aliphatic rings. The predicted octanol–water partition coefficient (Wildman–Crippen LogP) is 0.835. The van der Waals surface area contributed by atoms with E-state index in [4.69, 9.17) is 5.26 Å². The van der Waals surface area contributed by atoms with Crippen LogP contribution >= 0.6 is 0 Å². The molecule has 1 saturated heterocycles. The van der Waals surface area contributed by atoms with Gasteiger partial charge < -0.3 is 5.32 Å². The first-order chi connectivity index (χ1) is 8.09. The van der Waals surface area contributed by atoms with Crippen LogP contribution in [0.3, 0.4) is 0 Å². The van der Waals surface area contributed by atoms with Gasteiger partial charge in [-0.1, -0.05) is 12.1 Å². The van der Waals surface area contributed by atoms with Gasteiger partial charge in [0.2, 0.25) is 0 Å². The summed E-state index contributed by atoms with van der Waals surface area (Å²) < 4.78 is 22.5. The van der Waals surface area contributed by atoms with Gasteiger partial charge in [-0.3, -0.25) is 0 Å². The minimum atomic E-state index is -2.82. The van der Waals surface area contributed by atoms with Crippen LogP contribution in [-0.2, 0) is 16.4 Å². The molecule has 17 heavy (non-hydrogen) atoms. The van der Waals surface area contributed by atoms with Gasteiger partial charge in [-0.15, -0.1) is 0 Å². The van der Waals surface area contributed by atoms with E-state index in [0.29, 0.717) is 18.5 Å². The van der Waals surface area contributed by atoms with Crippen LogP contribution < -0.4 is 5.32 Å². The summed E-state index contributed by atoms with van der Waals surface area (Å²) in [4.78, 5) is 0. The maximum atomic E-state index is 11.3. The van der Waals surface area contributed by atoms with E-state index in [1.54, 1.807) is 12.1 Å². The van der Waals surface area contributed by atoms with E-state index >= 15 is 0 Å². The van der Waals surface area contributed by atoms with Crippen LogP contribution in [0, 0.1) is 11.3 Å². The molecule has 0 amide bonds. The Kier molecular flexibility index (Phi) is 3.46. The zero-order chi connectivity index (χ0) is 12.3. The average Bonchev–Trinajstić information content (AvgIpc) is 2.67. The molecule has 0 saturated carbocycles. The highest BCUT2D eigenvalue weighted by Gasteiger charge is 2.27. The topological polar surface area (TPSA) is 70.0 Å². The van der Waals surface area contributed by atoms with Crippen LogP contribution in [0.25, 0.3) is 0 Å². The van der Waals surface area contributed by atoms with E-state index in [1.807, 2.05) is 12.1 Å². The normalized spacial score (nSPS) is 22.2. The van der Waals surface area contributed by atoms with Gasteiger partial charge in [0.25, 0.3) is 0 Å². The van der Waals surface area contributed by atoms with Gasteiger partial charge in [-0.2, -0.15) is 5.26 Å². The maximum Gasteiger partial charge on any atom is 0.151 e. The molecule has 1 N–H and O–H groups in total. The fourth-order valence-corrected chi connectivity index (χ4v) is 3.62. The number of nitrogens with one attached hydrogen (secondary N) is 1. The van der Waals surface area contributed by atoms with E-state index in [2.05, 4.69) is 11.4 Å². The van der Waals surface area contributed by atoms with Crippen molar-refractivity contribution in [3.63, 3.8) is 0 Å². The lowest BCUT2D eigenvalue weighted by Crippen LogP contribution is -2.29. The number of hydrogen-bond donors (Lipinski definition) is 1. The van der Waals surface area contributed by atoms with Crippen molar-refractivity contribution in [3.8, 4) is 6.07 Å². The Morgan fingerprint density at radius 1 is 1.35 bits per heavy atom. The molecular formula is C12H14N2O2S. The zero-order valence-corrected chi connectivity index (χ0v) is 10.2. The maximum absolute atomic E-state index is 11.3. The number of nitrogens with zero attached hydrogens (tertiary/aromatic N) is 1. The molecule has 1 aromatic rings. The van der Waals surface area contributed by atoms with Crippen LogP contribution in [0.2, 0.25) is 0 Å². The first-order valence-electron chi connectivity index (χ1n) is 5.52. The molecule has 0 aromatic heterocycles. The fourth-order valence-electron chi connectivity index (χ4n) is 1.92. The molecule has 1 fully saturated rings. The highest BCUT2D eigenvalue weighted by Crippen LogP contribution is 2.12. The van der Waals surface area contributed by atoms with Crippen LogP contribution in [0.4, 0.5) is 0 Å². The number of sulfone groups is 1. The highest BCUT2D eigenvalue weighted by atomic mass is 32.2. The molecule has 0 aliphatic carbocycles. The zero-order valence-electron chi connectivity index (χ0n) is 9.39. The summed E-state index contributed by atoms with van der Waals surface area (Å²) in [7, 11) is -2.82. The minimum Gasteiger partial charge on any atom is -0.309 e. The third-order valence-electron chi connectivity index (χ3n) is 2.91. The third-order valence-corrected chi connectivity index (χ3v) is 4.68. The lowest BCUT2D eigenvalue weighted by atomic mass is 10.1. The molecule has 4 nitrogen and oxygen atoms in total. The lowest BCUT2D eigenvalue weighted by molar-refractivity contribution is 0.554. The fraction of sp³-hybridized carbons (Fsp3) is 0.417. The van der Waals surface area contributed by atoms with Gasteiger partial charge in [0.05, 0.1) is 23.1 Å². The van der Waals surface area contributed by atoms with Crippen molar-refractivity contribution in [2.75, 3.05) is 11.5 Å². The number of benzene rings is 1. The highest BCUT2D eigenvalue weighted by molar-refractivity contribution is 7.91. The van der Waals surface area contributed by atoms with Gasteiger partial charge in [-0.05, 0) is 24.1 Å². The summed E-state index contributed by atoms with van der Waals surface area (Å²) in [5.41, 5.74) is 1.70. The summed E-state index contributed by atoms with van der Waals surface area (Å²) in [6, 6.07) is 9.43. The van der Waals surface area contributed by atoms with Crippen LogP contribution in [0.1, 0.15) is 17.5 Å². The van der Waals surface area contributed by atoms with E-state index in [0.717, 1.165) is 5.56 Å². The van der Waals surface area contributed by atoms with Crippen molar-refractivity contribution < 1.29 is 8.42 Å². The van der Waals surface area contributed by atoms with Gasteiger partial charge in [0, 0.05) is 12.6 Å². The number of hydrogen-bond acceptors (Lipinski definition) is 4. The standard InChI is InChI=1S/C12H14N2O2S/c13-7-10-1-3-11(4-2-10)8-14-12-5-6-17(15,16)9-12/h1-4,12,14H,5-6,8-9H2. The van der Waals surface area contributed by atoms with E-state index in [9.17, 15) is 8.42 Å². The first kappa shape index (κ1) is 12.1. The van der Waals surface area contributed by atoms with Crippen molar-refractivity contribution >= 4 is 9.84 Å². The SMILES string of the molecule is N#Cc1ccc(CNC2CCS(=O)(=O)C2)cc1.